The zero-order valence-corrected chi connectivity index (χ0v) is 14.4. The molecule has 0 aliphatic rings. The average molecular weight is 343 g/mol. The zero-order valence-electron chi connectivity index (χ0n) is 14.4. The molecule has 0 fully saturated rings. The van der Waals surface area contributed by atoms with E-state index in [1.807, 2.05) is 67.7 Å². The number of aromatic nitrogens is 3. The molecule has 0 amide bonds. The van der Waals surface area contributed by atoms with E-state index in [9.17, 15) is 4.39 Å². The van der Waals surface area contributed by atoms with Crippen LogP contribution in [0.1, 0.15) is 24.1 Å². The topological polar surface area (TPSA) is 41.6 Å². The number of hydrogen-bond acceptors (Lipinski definition) is 2. The predicted octanol–water partition coefficient (Wildman–Crippen LogP) is 5.43. The first-order valence-electron chi connectivity index (χ1n) is 8.52. The van der Waals surface area contributed by atoms with E-state index in [-0.39, 0.29) is 11.7 Å². The van der Waals surface area contributed by atoms with Crippen LogP contribution in [0.15, 0.2) is 79.3 Å². The molecule has 128 valence electrons. The molecule has 0 bridgehead atoms. The number of benzene rings is 2. The molecule has 0 saturated carbocycles. The third-order valence-corrected chi connectivity index (χ3v) is 4.59. The largest absolute Gasteiger partial charge is 0.341 e. The highest BCUT2D eigenvalue weighted by atomic mass is 19.1. The fourth-order valence-corrected chi connectivity index (χ4v) is 3.04. The Morgan fingerprint density at radius 3 is 2.42 bits per heavy atom. The molecular weight excluding hydrogens is 325 g/mol. The third kappa shape index (κ3) is 3.14. The normalized spacial score (nSPS) is 12.1. The number of nitrogens with zero attached hydrogens (tertiary/aromatic N) is 2. The summed E-state index contributed by atoms with van der Waals surface area (Å²) in [4.78, 5) is 11.8. The molecule has 4 aromatic rings. The van der Waals surface area contributed by atoms with Gasteiger partial charge in [-0.1, -0.05) is 49.4 Å². The lowest BCUT2D eigenvalue weighted by Crippen LogP contribution is -1.98. The molecule has 1 atom stereocenters. The first-order chi connectivity index (χ1) is 12.7. The maximum absolute atomic E-state index is 14.6. The standard InChI is InChI=1S/C22H18FN3/c1-15(21-14-25-22(26-21)17-9-11-24-12-10-17)18-7-8-19(20(23)13-18)16-5-3-2-4-6-16/h2-15H,1H3,(H,25,26). The van der Waals surface area contributed by atoms with Gasteiger partial charge in [0.15, 0.2) is 0 Å². The highest BCUT2D eigenvalue weighted by Crippen LogP contribution is 2.29. The van der Waals surface area contributed by atoms with Gasteiger partial charge in [-0.05, 0) is 29.3 Å². The van der Waals surface area contributed by atoms with Crippen molar-refractivity contribution < 1.29 is 4.39 Å². The van der Waals surface area contributed by atoms with Crippen molar-refractivity contribution in [3.05, 3.63) is 96.3 Å². The van der Waals surface area contributed by atoms with Gasteiger partial charge < -0.3 is 4.98 Å². The van der Waals surface area contributed by atoms with Crippen molar-refractivity contribution in [2.24, 2.45) is 0 Å². The molecule has 1 N–H and O–H groups in total. The maximum Gasteiger partial charge on any atom is 0.137 e. The van der Waals surface area contributed by atoms with Gasteiger partial charge in [0.05, 0.1) is 0 Å². The van der Waals surface area contributed by atoms with Crippen LogP contribution < -0.4 is 0 Å². The second-order valence-electron chi connectivity index (χ2n) is 6.25. The van der Waals surface area contributed by atoms with Gasteiger partial charge in [-0.2, -0.15) is 0 Å². The van der Waals surface area contributed by atoms with Gasteiger partial charge in [0.2, 0.25) is 0 Å². The minimum Gasteiger partial charge on any atom is -0.341 e. The molecule has 0 aliphatic carbocycles. The highest BCUT2D eigenvalue weighted by molar-refractivity contribution is 5.64. The number of rotatable bonds is 4. The van der Waals surface area contributed by atoms with Gasteiger partial charge in [-0.25, -0.2) is 9.37 Å². The number of imidazole rings is 1. The van der Waals surface area contributed by atoms with Gasteiger partial charge in [-0.3, -0.25) is 4.98 Å². The summed E-state index contributed by atoms with van der Waals surface area (Å²) in [5.74, 6) is 0.586. The first-order valence-corrected chi connectivity index (χ1v) is 8.52. The minimum absolute atomic E-state index is 0.0115. The van der Waals surface area contributed by atoms with Crippen LogP contribution in [0.3, 0.4) is 0 Å². The van der Waals surface area contributed by atoms with Gasteiger partial charge in [0, 0.05) is 41.3 Å². The molecule has 4 rings (SSSR count). The molecule has 0 radical (unpaired) electrons. The van der Waals surface area contributed by atoms with Crippen molar-refractivity contribution in [1.82, 2.24) is 15.0 Å². The van der Waals surface area contributed by atoms with Crippen LogP contribution in [0.2, 0.25) is 0 Å². The summed E-state index contributed by atoms with van der Waals surface area (Å²) in [6, 6.07) is 18.8. The number of nitrogens with one attached hydrogen (secondary N) is 1. The molecule has 1 unspecified atom stereocenters. The van der Waals surface area contributed by atoms with Crippen molar-refractivity contribution in [3.8, 4) is 22.5 Å². The fourth-order valence-electron chi connectivity index (χ4n) is 3.04. The van der Waals surface area contributed by atoms with Crippen LogP contribution in [0, 0.1) is 5.82 Å². The molecule has 2 aromatic carbocycles. The Kier molecular flexibility index (Phi) is 4.32. The van der Waals surface area contributed by atoms with Crippen LogP contribution >= 0.6 is 0 Å². The number of H-pyrrole nitrogens is 1. The summed E-state index contributed by atoms with van der Waals surface area (Å²) in [5, 5.41) is 0. The van der Waals surface area contributed by atoms with Crippen molar-refractivity contribution in [2.45, 2.75) is 12.8 Å². The molecule has 0 spiro atoms. The van der Waals surface area contributed by atoms with E-state index in [1.54, 1.807) is 18.5 Å². The van der Waals surface area contributed by atoms with E-state index in [0.29, 0.717) is 5.56 Å². The Bertz CT molecular complexity index is 1010. The van der Waals surface area contributed by atoms with Gasteiger partial charge >= 0.3 is 0 Å². The summed E-state index contributed by atoms with van der Waals surface area (Å²) in [5.41, 5.74) is 4.33. The van der Waals surface area contributed by atoms with Gasteiger partial charge in [-0.15, -0.1) is 0 Å². The van der Waals surface area contributed by atoms with Crippen LogP contribution in [0.5, 0.6) is 0 Å². The number of halogens is 1. The van der Waals surface area contributed by atoms with E-state index in [4.69, 9.17) is 0 Å². The van der Waals surface area contributed by atoms with E-state index >= 15 is 0 Å². The maximum atomic E-state index is 14.6. The number of pyridine rings is 1. The molecule has 0 saturated heterocycles. The Labute approximate surface area is 151 Å². The van der Waals surface area contributed by atoms with E-state index in [0.717, 1.165) is 28.2 Å². The van der Waals surface area contributed by atoms with E-state index < -0.39 is 0 Å². The lowest BCUT2D eigenvalue weighted by molar-refractivity contribution is 0.627. The predicted molar refractivity (Wildman–Crippen MR) is 101 cm³/mol. The van der Waals surface area contributed by atoms with Crippen molar-refractivity contribution in [1.29, 1.82) is 0 Å². The fraction of sp³-hybridized carbons (Fsp3) is 0.0909. The molecule has 0 aliphatic heterocycles. The highest BCUT2D eigenvalue weighted by Gasteiger charge is 2.15. The number of aromatic amines is 1. The Morgan fingerprint density at radius 2 is 1.69 bits per heavy atom. The molecule has 3 nitrogen and oxygen atoms in total. The van der Waals surface area contributed by atoms with Crippen molar-refractivity contribution >= 4 is 0 Å². The summed E-state index contributed by atoms with van der Waals surface area (Å²) >= 11 is 0. The van der Waals surface area contributed by atoms with Gasteiger partial charge in [0.1, 0.15) is 11.6 Å². The Balaban J connectivity index is 1.62. The van der Waals surface area contributed by atoms with Crippen LogP contribution in [-0.2, 0) is 0 Å². The lowest BCUT2D eigenvalue weighted by Gasteiger charge is -2.12. The minimum atomic E-state index is -0.213. The molecule has 26 heavy (non-hydrogen) atoms. The quantitative estimate of drug-likeness (QED) is 0.537. The smallest absolute Gasteiger partial charge is 0.137 e. The van der Waals surface area contributed by atoms with Crippen LogP contribution in [-0.4, -0.2) is 15.0 Å². The summed E-state index contributed by atoms with van der Waals surface area (Å²) < 4.78 is 14.6. The molecular formula is C22H18FN3. The second-order valence-corrected chi connectivity index (χ2v) is 6.25. The van der Waals surface area contributed by atoms with Crippen molar-refractivity contribution in [3.63, 3.8) is 0 Å². The monoisotopic (exact) mass is 343 g/mol. The average Bonchev–Trinajstić information content (AvgIpc) is 3.19. The van der Waals surface area contributed by atoms with Crippen molar-refractivity contribution in [2.75, 3.05) is 0 Å². The second kappa shape index (κ2) is 6.92. The Hall–Kier alpha value is -3.27. The van der Waals surface area contributed by atoms with E-state index in [2.05, 4.69) is 15.0 Å². The summed E-state index contributed by atoms with van der Waals surface area (Å²) in [6.45, 7) is 2.04. The first kappa shape index (κ1) is 16.2. The van der Waals surface area contributed by atoms with Crippen LogP contribution in [0.25, 0.3) is 22.5 Å². The third-order valence-electron chi connectivity index (χ3n) is 4.59. The SMILES string of the molecule is CC(c1ccc(-c2ccccc2)c(F)c1)c1cnc(-c2ccncc2)[nH]1. The molecule has 2 aromatic heterocycles. The summed E-state index contributed by atoms with van der Waals surface area (Å²) in [7, 11) is 0. The van der Waals surface area contributed by atoms with Crippen LogP contribution in [0.4, 0.5) is 4.39 Å². The summed E-state index contributed by atoms with van der Waals surface area (Å²) in [6.07, 6.45) is 5.28. The molecule has 4 heteroatoms. The molecule has 2 heterocycles. The van der Waals surface area contributed by atoms with E-state index in [1.165, 1.54) is 0 Å². The zero-order chi connectivity index (χ0) is 17.9. The number of hydrogen-bond donors (Lipinski definition) is 1. The Morgan fingerprint density at radius 1 is 0.923 bits per heavy atom. The lowest BCUT2D eigenvalue weighted by atomic mass is 9.95. The van der Waals surface area contributed by atoms with Gasteiger partial charge in [0.25, 0.3) is 0 Å².